The molecule has 1 rings (SSSR count). The zero-order valence-corrected chi connectivity index (χ0v) is 17.5. The van der Waals surface area contributed by atoms with Crippen molar-refractivity contribution in [2.24, 2.45) is 11.3 Å². The Morgan fingerprint density at radius 2 is 1.74 bits per heavy atom. The average Bonchev–Trinajstić information content (AvgIpc) is 2.43. The number of carbonyl (C=O) groups excluding carboxylic acids is 1. The van der Waals surface area contributed by atoms with Crippen molar-refractivity contribution in [2.45, 2.75) is 54.9 Å². The van der Waals surface area contributed by atoms with Gasteiger partial charge in [-0.1, -0.05) is 39.3 Å². The number of hydrogen-bond donors (Lipinski definition) is 1. The van der Waals surface area contributed by atoms with E-state index in [1.807, 2.05) is 32.0 Å². The summed E-state index contributed by atoms with van der Waals surface area (Å²) in [7, 11) is 0. The van der Waals surface area contributed by atoms with E-state index in [9.17, 15) is 4.79 Å². The quantitative estimate of drug-likeness (QED) is 0.547. The first-order chi connectivity index (χ1) is 10.1. The summed E-state index contributed by atoms with van der Waals surface area (Å²) in [6.07, 6.45) is 1.12. The van der Waals surface area contributed by atoms with Gasteiger partial charge in [0.15, 0.2) is 0 Å². The van der Waals surface area contributed by atoms with Gasteiger partial charge in [-0.25, -0.2) is 0 Å². The molecule has 0 saturated carbocycles. The summed E-state index contributed by atoms with van der Waals surface area (Å²) < 4.78 is 0. The molecule has 1 atom stereocenters. The van der Waals surface area contributed by atoms with Crippen molar-refractivity contribution in [3.05, 3.63) is 50.1 Å². The first-order valence-electron chi connectivity index (χ1n) is 7.82. The maximum Gasteiger partial charge on any atom is 3.00 e. The SMILES string of the molecule is CC(=O)Nc1cc(C)ccc1C.[CH2-]C.[CH2-]C(CC)C([CH2-])(C)C.[Yb+3]. The van der Waals surface area contributed by atoms with Gasteiger partial charge in [0.25, 0.3) is 0 Å². The van der Waals surface area contributed by atoms with Gasteiger partial charge in [-0.05, 0) is 31.0 Å². The van der Waals surface area contributed by atoms with Crippen LogP contribution in [-0.4, -0.2) is 5.91 Å². The Balaban J connectivity index is -0.000000321. The number of benzene rings is 1. The van der Waals surface area contributed by atoms with Gasteiger partial charge in [0, 0.05) is 12.6 Å². The summed E-state index contributed by atoms with van der Waals surface area (Å²) in [4.78, 5) is 10.8. The summed E-state index contributed by atoms with van der Waals surface area (Å²) in [6.45, 7) is 24.8. The second-order valence-electron chi connectivity index (χ2n) is 6.09. The zero-order chi connectivity index (χ0) is 17.9. The Hall–Kier alpha value is 0.209. The van der Waals surface area contributed by atoms with Crippen molar-refractivity contribution in [2.75, 3.05) is 5.32 Å². The standard InChI is InChI=1S/C10H13NO.C8H16.C2H5.Yb/c1-7-4-5-8(2)10(6-7)11-9(3)12;1-6-7(2)8(3,4)5;1-2;/h4-6H,1-3H3,(H,11,12);7H,2-3,6H2,1,4-5H3;1H2,2H3;/q;-2;-1;+3. The molecule has 1 unspecified atom stereocenters. The molecular formula is C20H34NOYb. The average molecular weight is 478 g/mol. The summed E-state index contributed by atoms with van der Waals surface area (Å²) in [5.74, 6) is 0.464. The topological polar surface area (TPSA) is 29.1 Å². The number of anilines is 1. The van der Waals surface area contributed by atoms with Crippen molar-refractivity contribution >= 4 is 11.6 Å². The van der Waals surface area contributed by atoms with Crippen LogP contribution in [-0.2, 0) is 4.79 Å². The molecule has 0 aliphatic carbocycles. The molecule has 1 aromatic rings. The third-order valence-corrected chi connectivity index (χ3v) is 3.30. The van der Waals surface area contributed by atoms with Gasteiger partial charge in [-0.2, -0.15) is 18.3 Å². The van der Waals surface area contributed by atoms with E-state index in [0.717, 1.165) is 23.2 Å². The molecule has 2 nitrogen and oxygen atoms in total. The van der Waals surface area contributed by atoms with Crippen molar-refractivity contribution in [1.82, 2.24) is 0 Å². The first kappa shape index (κ1) is 28.0. The number of amides is 1. The van der Waals surface area contributed by atoms with Crippen LogP contribution in [0, 0.1) is 92.9 Å². The van der Waals surface area contributed by atoms with Gasteiger partial charge in [0.1, 0.15) is 0 Å². The van der Waals surface area contributed by atoms with E-state index in [2.05, 4.69) is 46.9 Å². The second-order valence-corrected chi connectivity index (χ2v) is 6.09. The molecule has 0 aliphatic heterocycles. The molecule has 23 heavy (non-hydrogen) atoms. The van der Waals surface area contributed by atoms with Gasteiger partial charge in [-0.3, -0.25) is 4.79 Å². The van der Waals surface area contributed by atoms with Crippen LogP contribution in [0.25, 0.3) is 0 Å². The van der Waals surface area contributed by atoms with Crippen LogP contribution >= 0.6 is 0 Å². The van der Waals surface area contributed by atoms with Crippen LogP contribution < -0.4 is 5.32 Å². The van der Waals surface area contributed by atoms with Crippen LogP contribution in [0.4, 0.5) is 5.69 Å². The Kier molecular flexibility index (Phi) is 17.7. The predicted molar refractivity (Wildman–Crippen MR) is 99.5 cm³/mol. The zero-order valence-electron chi connectivity index (χ0n) is 15.8. The third-order valence-electron chi connectivity index (χ3n) is 3.30. The molecule has 1 amide bonds. The number of rotatable bonds is 3. The van der Waals surface area contributed by atoms with E-state index in [-0.39, 0.29) is 58.2 Å². The van der Waals surface area contributed by atoms with Crippen molar-refractivity contribution in [3.8, 4) is 0 Å². The Morgan fingerprint density at radius 1 is 1.26 bits per heavy atom. The normalized spacial score (nSPS) is 10.9. The molecule has 1 N–H and O–H groups in total. The predicted octanol–water partition coefficient (Wildman–Crippen LogP) is 5.81. The smallest absolute Gasteiger partial charge is 0.346 e. The minimum atomic E-state index is -0.0244. The Bertz CT molecular complexity index is 436. The van der Waals surface area contributed by atoms with Crippen LogP contribution in [0.15, 0.2) is 18.2 Å². The summed E-state index contributed by atoms with van der Waals surface area (Å²) in [5.41, 5.74) is 3.30. The first-order valence-corrected chi connectivity index (χ1v) is 7.82. The number of carbonyl (C=O) groups is 1. The van der Waals surface area contributed by atoms with E-state index in [4.69, 9.17) is 0 Å². The summed E-state index contributed by atoms with van der Waals surface area (Å²) >= 11 is 0. The Labute approximate surface area is 183 Å². The van der Waals surface area contributed by atoms with Crippen LogP contribution in [0.2, 0.25) is 0 Å². The Morgan fingerprint density at radius 3 is 2.04 bits per heavy atom. The second kappa shape index (κ2) is 14.5. The van der Waals surface area contributed by atoms with Crippen LogP contribution in [0.5, 0.6) is 0 Å². The van der Waals surface area contributed by atoms with E-state index in [1.165, 1.54) is 6.92 Å². The van der Waals surface area contributed by atoms with E-state index in [0.29, 0.717) is 5.92 Å². The molecule has 1 radical (unpaired) electrons. The summed E-state index contributed by atoms with van der Waals surface area (Å²) in [6, 6.07) is 6.00. The van der Waals surface area contributed by atoms with Crippen molar-refractivity contribution in [3.63, 3.8) is 0 Å². The fraction of sp³-hybridized carbons (Fsp3) is 0.500. The molecule has 0 fully saturated rings. The molecule has 0 heterocycles. The van der Waals surface area contributed by atoms with E-state index >= 15 is 0 Å². The largest absolute Gasteiger partial charge is 3.00 e. The molecule has 0 aliphatic rings. The molecule has 1 aromatic carbocycles. The third kappa shape index (κ3) is 14.3. The minimum absolute atomic E-state index is 0. The fourth-order valence-corrected chi connectivity index (χ4v) is 1.61. The van der Waals surface area contributed by atoms with Crippen LogP contribution in [0.1, 0.15) is 52.2 Å². The monoisotopic (exact) mass is 478 g/mol. The van der Waals surface area contributed by atoms with Crippen molar-refractivity contribution < 1.29 is 51.7 Å². The summed E-state index contributed by atoms with van der Waals surface area (Å²) in [5, 5.41) is 2.77. The molecule has 0 aromatic heterocycles. The molecule has 139 valence electrons. The van der Waals surface area contributed by atoms with Crippen molar-refractivity contribution in [1.29, 1.82) is 0 Å². The maximum absolute atomic E-state index is 10.8. The number of aryl methyl sites for hydroxylation is 2. The number of nitrogens with one attached hydrogen (secondary N) is 1. The van der Waals surface area contributed by atoms with E-state index < -0.39 is 0 Å². The molecule has 0 saturated heterocycles. The minimum Gasteiger partial charge on any atom is -0.346 e. The molecule has 0 bridgehead atoms. The molecule has 0 spiro atoms. The van der Waals surface area contributed by atoms with Gasteiger partial charge in [0.05, 0.1) is 0 Å². The maximum atomic E-state index is 10.8. The van der Waals surface area contributed by atoms with E-state index in [1.54, 1.807) is 6.92 Å². The van der Waals surface area contributed by atoms with Gasteiger partial charge >= 0.3 is 46.9 Å². The van der Waals surface area contributed by atoms with Gasteiger partial charge in [-0.15, -0.1) is 0 Å². The van der Waals surface area contributed by atoms with Crippen LogP contribution in [0.3, 0.4) is 0 Å². The molecular weight excluding hydrogens is 443 g/mol. The fourth-order valence-electron chi connectivity index (χ4n) is 1.61. The number of hydrogen-bond acceptors (Lipinski definition) is 1. The molecule has 3 heteroatoms. The van der Waals surface area contributed by atoms with Gasteiger partial charge in [0.2, 0.25) is 5.91 Å². The van der Waals surface area contributed by atoms with Gasteiger partial charge < -0.3 is 26.1 Å².